The third-order valence-corrected chi connectivity index (χ3v) is 6.34. The molecule has 6 heteroatoms. The Bertz CT molecular complexity index is 1060. The third-order valence-electron chi connectivity index (χ3n) is 4.54. The molecule has 0 aliphatic carbocycles. The lowest BCUT2D eigenvalue weighted by Gasteiger charge is -2.19. The Balaban J connectivity index is 1.78. The number of benzene rings is 3. The summed E-state index contributed by atoms with van der Waals surface area (Å²) in [6.45, 7) is 2.03. The minimum absolute atomic E-state index is 0.218. The Morgan fingerprint density at radius 1 is 0.893 bits per heavy atom. The van der Waals surface area contributed by atoms with Crippen LogP contribution < -0.4 is 9.62 Å². The number of amides is 1. The molecule has 3 aromatic rings. The van der Waals surface area contributed by atoms with Crippen LogP contribution in [0.15, 0.2) is 83.8 Å². The van der Waals surface area contributed by atoms with E-state index < -0.39 is 10.0 Å². The monoisotopic (exact) mass is 394 g/mol. The minimum atomic E-state index is -3.65. The first-order valence-corrected chi connectivity index (χ1v) is 10.4. The van der Waals surface area contributed by atoms with Crippen molar-refractivity contribution in [1.82, 2.24) is 0 Å². The molecule has 0 aliphatic rings. The molecule has 0 radical (unpaired) electrons. The molecule has 0 fully saturated rings. The van der Waals surface area contributed by atoms with E-state index in [-0.39, 0.29) is 10.8 Å². The quantitative estimate of drug-likeness (QED) is 0.677. The van der Waals surface area contributed by atoms with Crippen molar-refractivity contribution in [2.45, 2.75) is 18.2 Å². The van der Waals surface area contributed by atoms with Gasteiger partial charge in [-0.3, -0.25) is 9.10 Å². The van der Waals surface area contributed by atoms with Crippen LogP contribution in [0.4, 0.5) is 11.4 Å². The normalized spacial score (nSPS) is 11.1. The predicted molar refractivity (Wildman–Crippen MR) is 112 cm³/mol. The number of anilines is 2. The highest BCUT2D eigenvalue weighted by molar-refractivity contribution is 7.92. The van der Waals surface area contributed by atoms with E-state index in [2.05, 4.69) is 5.32 Å². The average molecular weight is 394 g/mol. The van der Waals surface area contributed by atoms with E-state index in [1.165, 1.54) is 11.4 Å². The standard InChI is InChI=1S/C22H22N2O3S/c1-3-17-9-7-8-12-21(17)23-22(25)18-13-15-19(16-14-18)24(2)28(26,27)20-10-5-4-6-11-20/h4-16H,3H2,1-2H3,(H,23,25). The SMILES string of the molecule is CCc1ccccc1NC(=O)c1ccc(N(C)S(=O)(=O)c2ccccc2)cc1. The van der Waals surface area contributed by atoms with Crippen LogP contribution in [0.2, 0.25) is 0 Å². The van der Waals surface area contributed by atoms with Crippen molar-refractivity contribution in [2.75, 3.05) is 16.7 Å². The fourth-order valence-electron chi connectivity index (χ4n) is 2.86. The predicted octanol–water partition coefficient (Wildman–Crippen LogP) is 4.33. The van der Waals surface area contributed by atoms with Crippen molar-refractivity contribution >= 4 is 27.3 Å². The van der Waals surface area contributed by atoms with Crippen LogP contribution in [-0.4, -0.2) is 21.4 Å². The summed E-state index contributed by atoms with van der Waals surface area (Å²) in [6, 6.07) is 22.4. The Hall–Kier alpha value is -3.12. The van der Waals surface area contributed by atoms with E-state index in [9.17, 15) is 13.2 Å². The Labute approximate surface area is 165 Å². The molecule has 0 saturated carbocycles. The highest BCUT2D eigenvalue weighted by atomic mass is 32.2. The Morgan fingerprint density at radius 3 is 2.14 bits per heavy atom. The summed E-state index contributed by atoms with van der Waals surface area (Å²) in [7, 11) is -2.15. The van der Waals surface area contributed by atoms with Crippen LogP contribution in [0, 0.1) is 0 Å². The topological polar surface area (TPSA) is 66.5 Å². The molecule has 0 spiro atoms. The van der Waals surface area contributed by atoms with Gasteiger partial charge in [-0.15, -0.1) is 0 Å². The molecular weight excluding hydrogens is 372 g/mol. The van der Waals surface area contributed by atoms with Gasteiger partial charge in [0.05, 0.1) is 10.6 Å². The number of hydrogen-bond donors (Lipinski definition) is 1. The van der Waals surface area contributed by atoms with Crippen molar-refractivity contribution in [3.63, 3.8) is 0 Å². The van der Waals surface area contributed by atoms with Gasteiger partial charge in [0.2, 0.25) is 0 Å². The molecule has 0 saturated heterocycles. The Kier molecular flexibility index (Phi) is 5.80. The van der Waals surface area contributed by atoms with Gasteiger partial charge in [0, 0.05) is 18.3 Å². The number of sulfonamides is 1. The first-order valence-electron chi connectivity index (χ1n) is 8.97. The van der Waals surface area contributed by atoms with Gasteiger partial charge in [0.1, 0.15) is 0 Å². The average Bonchev–Trinajstić information content (AvgIpc) is 2.74. The summed E-state index contributed by atoms with van der Waals surface area (Å²) in [5.41, 5.74) is 2.78. The second-order valence-electron chi connectivity index (χ2n) is 6.30. The zero-order chi connectivity index (χ0) is 20.1. The van der Waals surface area contributed by atoms with Crippen molar-refractivity contribution in [2.24, 2.45) is 0 Å². The largest absolute Gasteiger partial charge is 0.322 e. The Morgan fingerprint density at radius 2 is 1.50 bits per heavy atom. The van der Waals surface area contributed by atoms with Gasteiger partial charge in [-0.25, -0.2) is 8.42 Å². The fourth-order valence-corrected chi connectivity index (χ4v) is 4.07. The van der Waals surface area contributed by atoms with Gasteiger partial charge in [0.15, 0.2) is 0 Å². The molecule has 0 atom stereocenters. The van der Waals surface area contributed by atoms with E-state index in [1.807, 2.05) is 31.2 Å². The van der Waals surface area contributed by atoms with Gasteiger partial charge in [-0.05, 0) is 54.4 Å². The summed E-state index contributed by atoms with van der Waals surface area (Å²) < 4.78 is 26.6. The zero-order valence-corrected chi connectivity index (χ0v) is 16.6. The molecule has 3 aromatic carbocycles. The van der Waals surface area contributed by atoms with Gasteiger partial charge in [-0.2, -0.15) is 0 Å². The number of carbonyl (C=O) groups is 1. The van der Waals surface area contributed by atoms with Crippen molar-refractivity contribution in [1.29, 1.82) is 0 Å². The van der Waals surface area contributed by atoms with Crippen LogP contribution in [0.25, 0.3) is 0 Å². The van der Waals surface area contributed by atoms with Crippen LogP contribution in [0.1, 0.15) is 22.8 Å². The lowest BCUT2D eigenvalue weighted by atomic mass is 10.1. The molecule has 3 rings (SSSR count). The van der Waals surface area contributed by atoms with Crippen molar-refractivity contribution < 1.29 is 13.2 Å². The molecule has 1 amide bonds. The maximum absolute atomic E-state index is 12.7. The molecule has 0 heterocycles. The molecule has 144 valence electrons. The molecule has 0 unspecified atom stereocenters. The molecule has 0 bridgehead atoms. The van der Waals surface area contributed by atoms with E-state index in [0.717, 1.165) is 17.7 Å². The van der Waals surface area contributed by atoms with E-state index in [0.29, 0.717) is 11.3 Å². The number of aryl methyl sites for hydroxylation is 1. The summed E-state index contributed by atoms with van der Waals surface area (Å²) in [4.78, 5) is 12.8. The summed E-state index contributed by atoms with van der Waals surface area (Å²) in [6.07, 6.45) is 0.817. The molecule has 28 heavy (non-hydrogen) atoms. The van der Waals surface area contributed by atoms with Crippen LogP contribution in [-0.2, 0) is 16.4 Å². The highest BCUT2D eigenvalue weighted by Gasteiger charge is 2.21. The minimum Gasteiger partial charge on any atom is -0.322 e. The van der Waals surface area contributed by atoms with Crippen LogP contribution in [0.5, 0.6) is 0 Å². The lowest BCUT2D eigenvalue weighted by Crippen LogP contribution is -2.26. The maximum atomic E-state index is 12.7. The summed E-state index contributed by atoms with van der Waals surface area (Å²) in [5.74, 6) is -0.235. The van der Waals surface area contributed by atoms with Crippen molar-refractivity contribution in [3.8, 4) is 0 Å². The van der Waals surface area contributed by atoms with Crippen molar-refractivity contribution in [3.05, 3.63) is 90.0 Å². The third kappa shape index (κ3) is 4.07. The molecule has 1 N–H and O–H groups in total. The van der Waals surface area contributed by atoms with Crippen LogP contribution in [0.3, 0.4) is 0 Å². The van der Waals surface area contributed by atoms with Gasteiger partial charge < -0.3 is 5.32 Å². The van der Waals surface area contributed by atoms with E-state index >= 15 is 0 Å². The highest BCUT2D eigenvalue weighted by Crippen LogP contribution is 2.23. The lowest BCUT2D eigenvalue weighted by molar-refractivity contribution is 0.102. The fraction of sp³-hybridized carbons (Fsp3) is 0.136. The molecule has 5 nitrogen and oxygen atoms in total. The van der Waals surface area contributed by atoms with E-state index in [4.69, 9.17) is 0 Å². The molecule has 0 aromatic heterocycles. The summed E-state index contributed by atoms with van der Waals surface area (Å²) in [5, 5.41) is 2.91. The second-order valence-corrected chi connectivity index (χ2v) is 8.27. The maximum Gasteiger partial charge on any atom is 0.264 e. The smallest absolute Gasteiger partial charge is 0.264 e. The molecular formula is C22H22N2O3S. The zero-order valence-electron chi connectivity index (χ0n) is 15.8. The van der Waals surface area contributed by atoms with Crippen LogP contribution >= 0.6 is 0 Å². The van der Waals surface area contributed by atoms with Gasteiger partial charge in [0.25, 0.3) is 15.9 Å². The van der Waals surface area contributed by atoms with Gasteiger partial charge in [-0.1, -0.05) is 43.3 Å². The summed E-state index contributed by atoms with van der Waals surface area (Å²) >= 11 is 0. The first kappa shape index (κ1) is 19.6. The number of para-hydroxylation sites is 1. The number of rotatable bonds is 6. The first-order chi connectivity index (χ1) is 13.4. The molecule has 0 aliphatic heterocycles. The number of nitrogens with one attached hydrogen (secondary N) is 1. The second kappa shape index (κ2) is 8.27. The van der Waals surface area contributed by atoms with E-state index in [1.54, 1.807) is 54.6 Å². The number of nitrogens with zero attached hydrogens (tertiary/aromatic N) is 1. The van der Waals surface area contributed by atoms with Gasteiger partial charge >= 0.3 is 0 Å². The number of carbonyl (C=O) groups excluding carboxylic acids is 1. The number of hydrogen-bond acceptors (Lipinski definition) is 3.